The number of carbonyl (C=O) groups is 2. The van der Waals surface area contributed by atoms with Crippen LogP contribution < -0.4 is 5.73 Å². The summed E-state index contributed by atoms with van der Waals surface area (Å²) in [4.78, 5) is 22.6. The first-order valence-corrected chi connectivity index (χ1v) is 5.29. The number of nitrogens with two attached hydrogens (primary N) is 1. The van der Waals surface area contributed by atoms with Crippen molar-refractivity contribution in [1.82, 2.24) is 0 Å². The summed E-state index contributed by atoms with van der Waals surface area (Å²) in [6.45, 7) is 0.236. The number of hydrogen-bond donors (Lipinski definition) is 3. The molecule has 0 saturated carbocycles. The van der Waals surface area contributed by atoms with Crippen LogP contribution in [-0.2, 0) is 4.79 Å². The molecule has 0 aliphatic rings. The predicted octanol–water partition coefficient (Wildman–Crippen LogP) is 1.01. The van der Waals surface area contributed by atoms with Crippen LogP contribution in [0.1, 0.15) is 23.2 Å². The van der Waals surface area contributed by atoms with Crippen molar-refractivity contribution in [1.29, 1.82) is 0 Å². The van der Waals surface area contributed by atoms with Crippen LogP contribution in [0.2, 0.25) is 0 Å². The van der Waals surface area contributed by atoms with Gasteiger partial charge in [-0.15, -0.1) is 0 Å². The molecule has 0 saturated heterocycles. The van der Waals surface area contributed by atoms with Crippen LogP contribution in [0, 0.1) is 5.92 Å². The second-order valence-corrected chi connectivity index (χ2v) is 3.79. The largest absolute Gasteiger partial charge is 0.508 e. The van der Waals surface area contributed by atoms with Crippen LogP contribution in [0.15, 0.2) is 24.3 Å². The molecule has 1 aromatic carbocycles. The minimum Gasteiger partial charge on any atom is -0.508 e. The zero-order valence-electron chi connectivity index (χ0n) is 9.30. The molecule has 4 N–H and O–H groups in total. The molecule has 92 valence electrons. The van der Waals surface area contributed by atoms with Crippen molar-refractivity contribution in [2.75, 3.05) is 6.54 Å². The normalized spacial score (nSPS) is 12.1. The van der Waals surface area contributed by atoms with E-state index >= 15 is 0 Å². The summed E-state index contributed by atoms with van der Waals surface area (Å²) in [6, 6.07) is 5.73. The molecule has 17 heavy (non-hydrogen) atoms. The van der Waals surface area contributed by atoms with Gasteiger partial charge in [0, 0.05) is 12.0 Å². The fourth-order valence-electron chi connectivity index (χ4n) is 1.50. The zero-order chi connectivity index (χ0) is 12.8. The molecule has 0 heterocycles. The molecule has 5 heteroatoms. The Labute approximate surface area is 98.9 Å². The van der Waals surface area contributed by atoms with E-state index in [1.807, 2.05) is 0 Å². The molecule has 5 nitrogen and oxygen atoms in total. The molecular weight excluding hydrogens is 222 g/mol. The maximum atomic E-state index is 11.8. The Morgan fingerprint density at radius 1 is 1.24 bits per heavy atom. The highest BCUT2D eigenvalue weighted by atomic mass is 16.4. The fourth-order valence-corrected chi connectivity index (χ4v) is 1.50. The first-order chi connectivity index (χ1) is 8.04. The van der Waals surface area contributed by atoms with Crippen molar-refractivity contribution in [2.45, 2.75) is 12.8 Å². The van der Waals surface area contributed by atoms with Crippen molar-refractivity contribution in [3.05, 3.63) is 29.8 Å². The van der Waals surface area contributed by atoms with Crippen molar-refractivity contribution in [2.24, 2.45) is 11.7 Å². The summed E-state index contributed by atoms with van der Waals surface area (Å²) < 4.78 is 0. The van der Waals surface area contributed by atoms with E-state index in [4.69, 9.17) is 15.9 Å². The van der Waals surface area contributed by atoms with Gasteiger partial charge in [0.15, 0.2) is 5.78 Å². The van der Waals surface area contributed by atoms with E-state index in [2.05, 4.69) is 0 Å². The second-order valence-electron chi connectivity index (χ2n) is 3.79. The molecule has 1 unspecified atom stereocenters. The van der Waals surface area contributed by atoms with Crippen LogP contribution in [0.4, 0.5) is 0 Å². The van der Waals surface area contributed by atoms with E-state index in [1.165, 1.54) is 24.3 Å². The highest BCUT2D eigenvalue weighted by molar-refractivity contribution is 5.98. The lowest BCUT2D eigenvalue weighted by molar-refractivity contribution is -0.141. The lowest BCUT2D eigenvalue weighted by atomic mass is 9.95. The highest BCUT2D eigenvalue weighted by Gasteiger charge is 2.21. The Hall–Kier alpha value is -1.88. The first kappa shape index (κ1) is 13.2. The molecule has 0 amide bonds. The van der Waals surface area contributed by atoms with Crippen LogP contribution in [0.25, 0.3) is 0 Å². The molecule has 1 aromatic rings. The lowest BCUT2D eigenvalue weighted by Crippen LogP contribution is -2.21. The van der Waals surface area contributed by atoms with Crippen LogP contribution in [0.5, 0.6) is 5.75 Å². The molecule has 0 radical (unpaired) electrons. The number of phenols is 1. The van der Waals surface area contributed by atoms with Crippen molar-refractivity contribution in [3.63, 3.8) is 0 Å². The number of Topliss-reactive ketones (excluding diaryl/α,β-unsaturated/α-hetero) is 1. The number of carbonyl (C=O) groups excluding carboxylic acids is 1. The van der Waals surface area contributed by atoms with Gasteiger partial charge in [0.2, 0.25) is 0 Å². The third kappa shape index (κ3) is 3.88. The van der Waals surface area contributed by atoms with Gasteiger partial charge in [-0.2, -0.15) is 0 Å². The average Bonchev–Trinajstić information content (AvgIpc) is 2.29. The summed E-state index contributed by atoms with van der Waals surface area (Å²) in [7, 11) is 0. The maximum absolute atomic E-state index is 11.8. The Kier molecular flexibility index (Phi) is 4.66. The molecule has 1 rings (SSSR count). The van der Waals surface area contributed by atoms with Gasteiger partial charge in [-0.3, -0.25) is 9.59 Å². The van der Waals surface area contributed by atoms with Crippen LogP contribution in [0.3, 0.4) is 0 Å². The van der Waals surface area contributed by atoms with E-state index in [1.54, 1.807) is 0 Å². The Morgan fingerprint density at radius 2 is 1.82 bits per heavy atom. The van der Waals surface area contributed by atoms with E-state index in [9.17, 15) is 9.59 Å². The van der Waals surface area contributed by atoms with Gasteiger partial charge in [0.25, 0.3) is 0 Å². The van der Waals surface area contributed by atoms with Crippen LogP contribution >= 0.6 is 0 Å². The summed E-state index contributed by atoms with van der Waals surface area (Å²) in [5.41, 5.74) is 5.69. The summed E-state index contributed by atoms with van der Waals surface area (Å²) in [5, 5.41) is 18.0. The molecule has 0 aromatic heterocycles. The Morgan fingerprint density at radius 3 is 2.29 bits per heavy atom. The van der Waals surface area contributed by atoms with Crippen molar-refractivity contribution < 1.29 is 19.8 Å². The van der Waals surface area contributed by atoms with Gasteiger partial charge in [-0.25, -0.2) is 0 Å². The molecule has 1 atom stereocenters. The maximum Gasteiger partial charge on any atom is 0.307 e. The van der Waals surface area contributed by atoms with Gasteiger partial charge in [0.05, 0.1) is 5.92 Å². The van der Waals surface area contributed by atoms with Crippen molar-refractivity contribution >= 4 is 11.8 Å². The number of aromatic hydroxyl groups is 1. The first-order valence-electron chi connectivity index (χ1n) is 5.29. The quantitative estimate of drug-likeness (QED) is 0.641. The lowest BCUT2D eigenvalue weighted by Gasteiger charge is -2.09. The molecule has 0 spiro atoms. The molecule has 0 bridgehead atoms. The van der Waals surface area contributed by atoms with Gasteiger partial charge in [-0.05, 0) is 37.2 Å². The number of carboxylic acid groups (broad SMARTS) is 1. The average molecular weight is 237 g/mol. The van der Waals surface area contributed by atoms with Gasteiger partial charge >= 0.3 is 5.97 Å². The number of phenolic OH excluding ortho intramolecular Hbond substituents is 1. The van der Waals surface area contributed by atoms with E-state index in [0.717, 1.165) is 0 Å². The Bertz CT molecular complexity index is 399. The number of rotatable bonds is 6. The third-order valence-corrected chi connectivity index (χ3v) is 2.49. The number of benzene rings is 1. The smallest absolute Gasteiger partial charge is 0.307 e. The minimum atomic E-state index is -1.01. The number of hydrogen-bond acceptors (Lipinski definition) is 4. The SMILES string of the molecule is NCCC(CC(=O)c1ccc(O)cc1)C(=O)O. The van der Waals surface area contributed by atoms with Gasteiger partial charge in [0.1, 0.15) is 5.75 Å². The second kappa shape index (κ2) is 6.00. The number of carboxylic acids is 1. The number of aliphatic carboxylic acids is 1. The third-order valence-electron chi connectivity index (χ3n) is 2.49. The van der Waals surface area contributed by atoms with Gasteiger partial charge in [-0.1, -0.05) is 0 Å². The molecule has 0 aliphatic carbocycles. The predicted molar refractivity (Wildman–Crippen MR) is 61.9 cm³/mol. The van der Waals surface area contributed by atoms with E-state index < -0.39 is 11.9 Å². The fraction of sp³-hybridized carbons (Fsp3) is 0.333. The molecule has 0 fully saturated rings. The van der Waals surface area contributed by atoms with E-state index in [-0.39, 0.29) is 30.9 Å². The molecular formula is C12H15NO4. The standard InChI is InChI=1S/C12H15NO4/c13-6-5-9(12(16)17)7-11(15)8-1-3-10(14)4-2-8/h1-4,9,14H,5-7,13H2,(H,16,17). The summed E-state index contributed by atoms with van der Waals surface area (Å²) in [5.74, 6) is -1.95. The summed E-state index contributed by atoms with van der Waals surface area (Å²) in [6.07, 6.45) is 0.205. The summed E-state index contributed by atoms with van der Waals surface area (Å²) >= 11 is 0. The minimum absolute atomic E-state index is 0.0679. The zero-order valence-corrected chi connectivity index (χ0v) is 9.30. The topological polar surface area (TPSA) is 101 Å². The highest BCUT2D eigenvalue weighted by Crippen LogP contribution is 2.16. The monoisotopic (exact) mass is 237 g/mol. The van der Waals surface area contributed by atoms with Crippen LogP contribution in [-0.4, -0.2) is 28.5 Å². The van der Waals surface area contributed by atoms with E-state index in [0.29, 0.717) is 5.56 Å². The molecule has 0 aliphatic heterocycles. The van der Waals surface area contributed by atoms with Crippen molar-refractivity contribution in [3.8, 4) is 5.75 Å². The van der Waals surface area contributed by atoms with Gasteiger partial charge < -0.3 is 15.9 Å². The Balaban J connectivity index is 2.70. The number of ketones is 1.